The molecule has 122 valence electrons. The van der Waals surface area contributed by atoms with Crippen molar-refractivity contribution in [3.8, 4) is 0 Å². The van der Waals surface area contributed by atoms with E-state index in [4.69, 9.17) is 0 Å². The van der Waals surface area contributed by atoms with Crippen LogP contribution in [-0.2, 0) is 4.79 Å². The van der Waals surface area contributed by atoms with E-state index in [1.165, 1.54) is 0 Å². The predicted molar refractivity (Wildman–Crippen MR) is 83.3 cm³/mol. The van der Waals surface area contributed by atoms with Crippen LogP contribution in [0.3, 0.4) is 0 Å². The van der Waals surface area contributed by atoms with E-state index in [0.29, 0.717) is 31.8 Å². The molecule has 0 atom stereocenters. The molecule has 0 spiro atoms. The number of amides is 2. The Hall–Kier alpha value is -1.26. The number of unbranched alkanes of at least 4 members (excludes halogenated alkanes) is 1. The van der Waals surface area contributed by atoms with Gasteiger partial charge in [0, 0.05) is 13.1 Å². The van der Waals surface area contributed by atoms with Crippen LogP contribution in [0.25, 0.3) is 0 Å². The second-order valence-corrected chi connectivity index (χ2v) is 6.10. The summed E-state index contributed by atoms with van der Waals surface area (Å²) in [4.78, 5) is 25.8. The van der Waals surface area contributed by atoms with Gasteiger partial charge in [-0.1, -0.05) is 26.7 Å². The van der Waals surface area contributed by atoms with Gasteiger partial charge in [0.1, 0.15) is 5.54 Å². The summed E-state index contributed by atoms with van der Waals surface area (Å²) < 4.78 is 0. The molecule has 2 N–H and O–H groups in total. The fourth-order valence-electron chi connectivity index (χ4n) is 3.01. The lowest BCUT2D eigenvalue weighted by atomic mass is 9.75. The van der Waals surface area contributed by atoms with Gasteiger partial charge in [-0.15, -0.1) is 0 Å². The predicted octanol–water partition coefficient (Wildman–Crippen LogP) is 3.24. The Labute approximate surface area is 128 Å². The van der Waals surface area contributed by atoms with Gasteiger partial charge >= 0.3 is 12.0 Å². The minimum absolute atomic E-state index is 0.233. The third-order valence-electron chi connectivity index (χ3n) is 4.74. The van der Waals surface area contributed by atoms with Gasteiger partial charge < -0.3 is 15.3 Å². The Morgan fingerprint density at radius 1 is 1.24 bits per heavy atom. The van der Waals surface area contributed by atoms with E-state index in [1.54, 1.807) is 4.90 Å². The summed E-state index contributed by atoms with van der Waals surface area (Å²) in [6.07, 6.45) is 5.89. The minimum Gasteiger partial charge on any atom is -0.480 e. The molecule has 2 amide bonds. The van der Waals surface area contributed by atoms with E-state index in [1.807, 2.05) is 6.92 Å². The lowest BCUT2D eigenvalue weighted by Gasteiger charge is -2.38. The SMILES string of the molecule is CCCCN(CC)C(=O)NC1(C(=O)O)CCC(CC)CC1. The molecule has 1 aliphatic carbocycles. The van der Waals surface area contributed by atoms with Gasteiger partial charge in [-0.2, -0.15) is 0 Å². The van der Waals surface area contributed by atoms with Crippen molar-refractivity contribution >= 4 is 12.0 Å². The summed E-state index contributed by atoms with van der Waals surface area (Å²) in [6, 6.07) is -0.233. The smallest absolute Gasteiger partial charge is 0.329 e. The number of nitrogens with zero attached hydrogens (tertiary/aromatic N) is 1. The number of aliphatic carboxylic acids is 1. The summed E-state index contributed by atoms with van der Waals surface area (Å²) in [7, 11) is 0. The van der Waals surface area contributed by atoms with Crippen LogP contribution < -0.4 is 5.32 Å². The molecule has 1 saturated carbocycles. The third-order valence-corrected chi connectivity index (χ3v) is 4.74. The minimum atomic E-state index is -1.07. The van der Waals surface area contributed by atoms with Gasteiger partial charge in [-0.05, 0) is 44.9 Å². The molecule has 1 aliphatic rings. The molecule has 0 heterocycles. The number of hydrogen-bond donors (Lipinski definition) is 2. The van der Waals surface area contributed by atoms with Gasteiger partial charge in [0.25, 0.3) is 0 Å². The van der Waals surface area contributed by atoms with Crippen LogP contribution in [-0.4, -0.2) is 40.6 Å². The molecule has 1 rings (SSSR count). The van der Waals surface area contributed by atoms with E-state index >= 15 is 0 Å². The average Bonchev–Trinajstić information content (AvgIpc) is 2.48. The van der Waals surface area contributed by atoms with Crippen molar-refractivity contribution in [1.82, 2.24) is 10.2 Å². The van der Waals surface area contributed by atoms with Crippen LogP contribution in [0.1, 0.15) is 65.7 Å². The summed E-state index contributed by atoms with van der Waals surface area (Å²) >= 11 is 0. The summed E-state index contributed by atoms with van der Waals surface area (Å²) in [5.74, 6) is -0.298. The fourth-order valence-corrected chi connectivity index (χ4v) is 3.01. The van der Waals surface area contributed by atoms with Gasteiger partial charge in [-0.3, -0.25) is 0 Å². The van der Waals surface area contributed by atoms with Crippen molar-refractivity contribution in [3.05, 3.63) is 0 Å². The van der Waals surface area contributed by atoms with Crippen molar-refractivity contribution in [3.63, 3.8) is 0 Å². The maximum atomic E-state index is 12.4. The second kappa shape index (κ2) is 8.25. The van der Waals surface area contributed by atoms with Crippen molar-refractivity contribution in [2.45, 2.75) is 71.3 Å². The monoisotopic (exact) mass is 298 g/mol. The van der Waals surface area contributed by atoms with Crippen LogP contribution in [0.4, 0.5) is 4.79 Å². The van der Waals surface area contributed by atoms with E-state index in [0.717, 1.165) is 32.1 Å². The number of urea groups is 1. The number of carboxylic acids is 1. The van der Waals surface area contributed by atoms with Crippen LogP contribution >= 0.6 is 0 Å². The highest BCUT2D eigenvalue weighted by Gasteiger charge is 2.43. The Morgan fingerprint density at radius 3 is 2.29 bits per heavy atom. The highest BCUT2D eigenvalue weighted by molar-refractivity contribution is 5.86. The van der Waals surface area contributed by atoms with Crippen molar-refractivity contribution in [2.24, 2.45) is 5.92 Å². The quantitative estimate of drug-likeness (QED) is 0.758. The average molecular weight is 298 g/mol. The Balaban J connectivity index is 2.70. The maximum Gasteiger partial charge on any atom is 0.329 e. The largest absolute Gasteiger partial charge is 0.480 e. The Kier molecular flexibility index (Phi) is 6.99. The molecular formula is C16H30N2O3. The van der Waals surface area contributed by atoms with Crippen molar-refractivity contribution in [2.75, 3.05) is 13.1 Å². The zero-order valence-electron chi connectivity index (χ0n) is 13.7. The maximum absolute atomic E-state index is 12.4. The topological polar surface area (TPSA) is 69.6 Å². The zero-order valence-corrected chi connectivity index (χ0v) is 13.7. The number of rotatable bonds is 7. The van der Waals surface area contributed by atoms with Crippen LogP contribution in [0, 0.1) is 5.92 Å². The standard InChI is InChI=1S/C16H30N2O3/c1-4-7-12-18(6-3)15(21)17-16(14(19)20)10-8-13(5-2)9-11-16/h13H,4-12H2,1-3H3,(H,17,21)(H,19,20). The van der Waals surface area contributed by atoms with E-state index in [2.05, 4.69) is 19.2 Å². The number of hydrogen-bond acceptors (Lipinski definition) is 2. The van der Waals surface area contributed by atoms with E-state index in [9.17, 15) is 14.7 Å². The second-order valence-electron chi connectivity index (χ2n) is 6.10. The Morgan fingerprint density at radius 2 is 1.86 bits per heavy atom. The molecule has 0 radical (unpaired) electrons. The number of nitrogens with one attached hydrogen (secondary N) is 1. The van der Waals surface area contributed by atoms with Crippen LogP contribution in [0.15, 0.2) is 0 Å². The molecule has 0 saturated heterocycles. The molecule has 21 heavy (non-hydrogen) atoms. The van der Waals surface area contributed by atoms with Gasteiger partial charge in [0.2, 0.25) is 0 Å². The highest BCUT2D eigenvalue weighted by atomic mass is 16.4. The molecule has 0 aromatic heterocycles. The molecule has 5 heteroatoms. The fraction of sp³-hybridized carbons (Fsp3) is 0.875. The van der Waals surface area contributed by atoms with Gasteiger partial charge in [-0.25, -0.2) is 9.59 Å². The normalized spacial score (nSPS) is 25.4. The third kappa shape index (κ3) is 4.61. The molecule has 0 unspecified atom stereocenters. The lowest BCUT2D eigenvalue weighted by molar-refractivity contribution is -0.146. The number of carbonyl (C=O) groups excluding carboxylic acids is 1. The summed E-state index contributed by atoms with van der Waals surface area (Å²) in [5.41, 5.74) is -1.07. The molecule has 0 bridgehead atoms. The number of carboxylic acid groups (broad SMARTS) is 1. The van der Waals surface area contributed by atoms with Crippen LogP contribution in [0.2, 0.25) is 0 Å². The lowest BCUT2D eigenvalue weighted by Crippen LogP contribution is -2.59. The summed E-state index contributed by atoms with van der Waals surface area (Å²) in [6.45, 7) is 7.44. The molecule has 0 aromatic carbocycles. The molecule has 5 nitrogen and oxygen atoms in total. The van der Waals surface area contributed by atoms with E-state index in [-0.39, 0.29) is 6.03 Å². The highest BCUT2D eigenvalue weighted by Crippen LogP contribution is 2.34. The first-order valence-electron chi connectivity index (χ1n) is 8.29. The van der Waals surface area contributed by atoms with Gasteiger partial charge in [0.15, 0.2) is 0 Å². The molecule has 0 aromatic rings. The first kappa shape index (κ1) is 17.8. The zero-order chi connectivity index (χ0) is 15.9. The van der Waals surface area contributed by atoms with Gasteiger partial charge in [0.05, 0.1) is 0 Å². The first-order valence-corrected chi connectivity index (χ1v) is 8.29. The van der Waals surface area contributed by atoms with Crippen LogP contribution in [0.5, 0.6) is 0 Å². The molecule has 0 aliphatic heterocycles. The summed E-state index contributed by atoms with van der Waals surface area (Å²) in [5, 5.41) is 12.4. The Bertz CT molecular complexity index is 349. The number of carbonyl (C=O) groups is 2. The first-order chi connectivity index (χ1) is 9.99. The van der Waals surface area contributed by atoms with Crippen molar-refractivity contribution in [1.29, 1.82) is 0 Å². The molecule has 1 fully saturated rings. The van der Waals surface area contributed by atoms with E-state index < -0.39 is 11.5 Å². The van der Waals surface area contributed by atoms with Crippen molar-refractivity contribution < 1.29 is 14.7 Å². The molecular weight excluding hydrogens is 268 g/mol.